The van der Waals surface area contributed by atoms with Gasteiger partial charge in [0.1, 0.15) is 5.57 Å². The van der Waals surface area contributed by atoms with Crippen LogP contribution in [0.15, 0.2) is 96.6 Å². The molecule has 0 aliphatic heterocycles. The number of amides is 2. The van der Waals surface area contributed by atoms with Gasteiger partial charge in [-0.3, -0.25) is 9.59 Å². The predicted molar refractivity (Wildman–Crippen MR) is 121 cm³/mol. The monoisotopic (exact) mass is 398 g/mol. The highest BCUT2D eigenvalue weighted by Gasteiger charge is 2.17. The first-order valence-electron chi connectivity index (χ1n) is 10.1. The van der Waals surface area contributed by atoms with Crippen molar-refractivity contribution < 1.29 is 9.59 Å². The van der Waals surface area contributed by atoms with Gasteiger partial charge in [0.2, 0.25) is 0 Å². The number of nitrogens with one attached hydrogen (secondary N) is 2. The fraction of sp³-hybridized carbons (Fsp3) is 0.154. The van der Waals surface area contributed by atoms with Gasteiger partial charge in [0.25, 0.3) is 11.8 Å². The van der Waals surface area contributed by atoms with Crippen LogP contribution in [0, 0.1) is 0 Å². The maximum absolute atomic E-state index is 12.8. The first-order chi connectivity index (χ1) is 14.7. The summed E-state index contributed by atoms with van der Waals surface area (Å²) in [5.41, 5.74) is 3.20. The van der Waals surface area contributed by atoms with Crippen LogP contribution in [-0.2, 0) is 22.4 Å². The summed E-state index contributed by atoms with van der Waals surface area (Å²) in [6.45, 7) is 0.929. The zero-order valence-electron chi connectivity index (χ0n) is 16.9. The molecule has 0 aromatic heterocycles. The summed E-state index contributed by atoms with van der Waals surface area (Å²) < 4.78 is 0. The number of benzene rings is 3. The van der Waals surface area contributed by atoms with Crippen molar-refractivity contribution in [3.63, 3.8) is 0 Å². The van der Waals surface area contributed by atoms with E-state index in [9.17, 15) is 9.59 Å². The van der Waals surface area contributed by atoms with Gasteiger partial charge in [0.15, 0.2) is 0 Å². The molecule has 2 amide bonds. The third-order valence-corrected chi connectivity index (χ3v) is 4.68. The normalized spacial score (nSPS) is 10.1. The van der Waals surface area contributed by atoms with Crippen LogP contribution >= 0.6 is 0 Å². The lowest BCUT2D eigenvalue weighted by Gasteiger charge is -2.11. The zero-order chi connectivity index (χ0) is 21.0. The van der Waals surface area contributed by atoms with Crippen LogP contribution in [0.25, 0.3) is 6.08 Å². The summed E-state index contributed by atoms with van der Waals surface area (Å²) in [4.78, 5) is 25.5. The van der Waals surface area contributed by atoms with Gasteiger partial charge in [0, 0.05) is 13.1 Å². The maximum atomic E-state index is 12.8. The summed E-state index contributed by atoms with van der Waals surface area (Å²) >= 11 is 0. The molecule has 0 saturated heterocycles. The van der Waals surface area contributed by atoms with Gasteiger partial charge in [-0.1, -0.05) is 91.0 Å². The van der Waals surface area contributed by atoms with Gasteiger partial charge in [-0.25, -0.2) is 0 Å². The number of rotatable bonds is 9. The lowest BCUT2D eigenvalue weighted by Crippen LogP contribution is -2.36. The molecule has 0 radical (unpaired) electrons. The van der Waals surface area contributed by atoms with Crippen LogP contribution < -0.4 is 10.6 Å². The third kappa shape index (κ3) is 6.74. The molecule has 3 aromatic carbocycles. The van der Waals surface area contributed by atoms with E-state index < -0.39 is 0 Å². The Morgan fingerprint density at radius 2 is 1.00 bits per heavy atom. The van der Waals surface area contributed by atoms with Crippen LogP contribution in [0.4, 0.5) is 0 Å². The van der Waals surface area contributed by atoms with E-state index in [0.717, 1.165) is 16.7 Å². The van der Waals surface area contributed by atoms with E-state index in [4.69, 9.17) is 0 Å². The first-order valence-corrected chi connectivity index (χ1v) is 10.1. The summed E-state index contributed by atoms with van der Waals surface area (Å²) in [6.07, 6.45) is 3.05. The van der Waals surface area contributed by atoms with Gasteiger partial charge in [-0.15, -0.1) is 0 Å². The molecule has 0 aliphatic carbocycles. The number of hydrogen-bond donors (Lipinski definition) is 2. The average molecular weight is 399 g/mol. The standard InChI is InChI=1S/C26H26N2O2/c29-25(27-18-16-21-10-4-1-5-11-21)24(20-23-14-8-3-9-15-23)26(30)28-19-17-22-12-6-2-7-13-22/h1-15,20H,16-19H2,(H,27,29)(H,28,30). The fourth-order valence-electron chi connectivity index (χ4n) is 3.07. The highest BCUT2D eigenvalue weighted by molar-refractivity contribution is 6.21. The van der Waals surface area contributed by atoms with Crippen molar-refractivity contribution in [2.75, 3.05) is 13.1 Å². The Morgan fingerprint density at radius 1 is 0.600 bits per heavy atom. The van der Waals surface area contributed by atoms with Crippen molar-refractivity contribution in [2.45, 2.75) is 12.8 Å². The number of carbonyl (C=O) groups excluding carboxylic acids is 2. The van der Waals surface area contributed by atoms with Crippen LogP contribution in [-0.4, -0.2) is 24.9 Å². The molecule has 4 nitrogen and oxygen atoms in total. The minimum absolute atomic E-state index is 0.113. The molecule has 0 saturated carbocycles. The molecule has 2 N–H and O–H groups in total. The molecule has 0 fully saturated rings. The molecule has 0 heterocycles. The van der Waals surface area contributed by atoms with E-state index >= 15 is 0 Å². The predicted octanol–water partition coefficient (Wildman–Crippen LogP) is 3.79. The summed E-state index contributed by atoms with van der Waals surface area (Å²) in [5, 5.41) is 5.74. The second kappa shape index (κ2) is 11.4. The van der Waals surface area contributed by atoms with Crippen molar-refractivity contribution in [1.82, 2.24) is 10.6 Å². The molecule has 0 bridgehead atoms. The van der Waals surface area contributed by atoms with Crippen LogP contribution in [0.2, 0.25) is 0 Å². The summed E-state index contributed by atoms with van der Waals surface area (Å²) in [5.74, 6) is -0.737. The molecule has 0 atom stereocenters. The molecule has 4 heteroatoms. The minimum atomic E-state index is -0.369. The van der Waals surface area contributed by atoms with Gasteiger partial charge in [-0.2, -0.15) is 0 Å². The van der Waals surface area contributed by atoms with Crippen LogP contribution in [0.3, 0.4) is 0 Å². The molecule has 0 aliphatic rings. The molecule has 152 valence electrons. The molecule has 0 unspecified atom stereocenters. The largest absolute Gasteiger partial charge is 0.352 e. The van der Waals surface area contributed by atoms with E-state index in [1.165, 1.54) is 0 Å². The molecule has 3 rings (SSSR count). The van der Waals surface area contributed by atoms with Gasteiger partial charge < -0.3 is 10.6 Å². The minimum Gasteiger partial charge on any atom is -0.352 e. The van der Waals surface area contributed by atoms with E-state index in [1.807, 2.05) is 91.0 Å². The summed E-state index contributed by atoms with van der Waals surface area (Å²) in [6, 6.07) is 29.3. The Morgan fingerprint density at radius 3 is 1.43 bits per heavy atom. The SMILES string of the molecule is O=C(NCCc1ccccc1)C(=Cc1ccccc1)C(=O)NCCc1ccccc1. The molecule has 30 heavy (non-hydrogen) atoms. The quantitative estimate of drug-likeness (QED) is 0.327. The van der Waals surface area contributed by atoms with Crippen molar-refractivity contribution in [1.29, 1.82) is 0 Å². The molecular weight excluding hydrogens is 372 g/mol. The topological polar surface area (TPSA) is 58.2 Å². The van der Waals surface area contributed by atoms with Crippen molar-refractivity contribution >= 4 is 17.9 Å². The van der Waals surface area contributed by atoms with Crippen molar-refractivity contribution in [2.24, 2.45) is 0 Å². The molecule has 0 spiro atoms. The Labute approximate surface area is 177 Å². The molecular formula is C26H26N2O2. The Bertz CT molecular complexity index is 908. The lowest BCUT2D eigenvalue weighted by atomic mass is 10.1. The maximum Gasteiger partial charge on any atom is 0.256 e. The Balaban J connectivity index is 1.62. The van der Waals surface area contributed by atoms with Gasteiger partial charge in [-0.05, 0) is 35.6 Å². The second-order valence-corrected chi connectivity index (χ2v) is 6.95. The fourth-order valence-corrected chi connectivity index (χ4v) is 3.07. The van der Waals surface area contributed by atoms with Crippen LogP contribution in [0.5, 0.6) is 0 Å². The average Bonchev–Trinajstić information content (AvgIpc) is 2.79. The Kier molecular flexibility index (Phi) is 7.98. The van der Waals surface area contributed by atoms with E-state index in [-0.39, 0.29) is 17.4 Å². The molecule has 3 aromatic rings. The van der Waals surface area contributed by atoms with Gasteiger partial charge in [0.05, 0.1) is 0 Å². The smallest absolute Gasteiger partial charge is 0.256 e. The van der Waals surface area contributed by atoms with Gasteiger partial charge >= 0.3 is 0 Å². The number of carbonyl (C=O) groups is 2. The highest BCUT2D eigenvalue weighted by Crippen LogP contribution is 2.08. The van der Waals surface area contributed by atoms with Crippen LogP contribution in [0.1, 0.15) is 16.7 Å². The van der Waals surface area contributed by atoms with E-state index in [2.05, 4.69) is 10.6 Å². The second-order valence-electron chi connectivity index (χ2n) is 6.95. The van der Waals surface area contributed by atoms with E-state index in [1.54, 1.807) is 6.08 Å². The Hall–Kier alpha value is -3.66. The lowest BCUT2D eigenvalue weighted by molar-refractivity contribution is -0.123. The third-order valence-electron chi connectivity index (χ3n) is 4.68. The summed E-state index contributed by atoms with van der Waals surface area (Å²) in [7, 11) is 0. The first kappa shape index (κ1) is 21.1. The van der Waals surface area contributed by atoms with Crippen molar-refractivity contribution in [3.05, 3.63) is 113 Å². The highest BCUT2D eigenvalue weighted by atomic mass is 16.2. The number of hydrogen-bond acceptors (Lipinski definition) is 2. The zero-order valence-corrected chi connectivity index (χ0v) is 16.9. The van der Waals surface area contributed by atoms with Crippen molar-refractivity contribution in [3.8, 4) is 0 Å². The van der Waals surface area contributed by atoms with E-state index in [0.29, 0.717) is 25.9 Å².